The standard InChI is InChI=1S/C15H24O6/c1-7-5-14(19)15(20,8(2)6-21-14)11-9(7)4-10(16)13(3,18)12(11)17/h7,9-12,16-20H,2,4-6H2,1,3H3. The highest BCUT2D eigenvalue weighted by Gasteiger charge is 2.71. The third-order valence-corrected chi connectivity index (χ3v) is 6.00. The number of ether oxygens (including phenoxy) is 1. The molecule has 0 spiro atoms. The number of rotatable bonds is 0. The summed E-state index contributed by atoms with van der Waals surface area (Å²) < 4.78 is 5.37. The molecule has 5 N–H and O–H groups in total. The summed E-state index contributed by atoms with van der Waals surface area (Å²) in [5.41, 5.74) is -3.26. The maximum absolute atomic E-state index is 11.1. The third kappa shape index (κ3) is 1.69. The molecule has 8 unspecified atom stereocenters. The van der Waals surface area contributed by atoms with Crippen molar-refractivity contribution in [2.45, 2.75) is 55.9 Å². The molecular weight excluding hydrogens is 276 g/mol. The van der Waals surface area contributed by atoms with Crippen LogP contribution in [0, 0.1) is 17.8 Å². The highest BCUT2D eigenvalue weighted by molar-refractivity contribution is 5.31. The van der Waals surface area contributed by atoms with Crippen LogP contribution in [0.1, 0.15) is 26.7 Å². The molecule has 120 valence electrons. The van der Waals surface area contributed by atoms with Crippen molar-refractivity contribution in [2.75, 3.05) is 6.61 Å². The van der Waals surface area contributed by atoms with E-state index < -0.39 is 35.1 Å². The van der Waals surface area contributed by atoms with Crippen LogP contribution in [0.5, 0.6) is 0 Å². The van der Waals surface area contributed by atoms with Crippen LogP contribution >= 0.6 is 0 Å². The molecule has 0 amide bonds. The lowest BCUT2D eigenvalue weighted by Crippen LogP contribution is -2.72. The Morgan fingerprint density at radius 3 is 2.48 bits per heavy atom. The van der Waals surface area contributed by atoms with Crippen molar-refractivity contribution in [3.05, 3.63) is 12.2 Å². The van der Waals surface area contributed by atoms with Crippen molar-refractivity contribution in [3.8, 4) is 0 Å². The van der Waals surface area contributed by atoms with Crippen molar-refractivity contribution in [3.63, 3.8) is 0 Å². The predicted molar refractivity (Wildman–Crippen MR) is 73.0 cm³/mol. The molecule has 8 atom stereocenters. The van der Waals surface area contributed by atoms with E-state index in [1.165, 1.54) is 6.92 Å². The first-order chi connectivity index (χ1) is 9.55. The average Bonchev–Trinajstić information content (AvgIpc) is 2.61. The Morgan fingerprint density at radius 2 is 1.86 bits per heavy atom. The minimum absolute atomic E-state index is 0.0142. The van der Waals surface area contributed by atoms with Crippen molar-refractivity contribution in [1.82, 2.24) is 0 Å². The molecule has 6 heteroatoms. The van der Waals surface area contributed by atoms with Gasteiger partial charge in [-0.05, 0) is 30.8 Å². The Kier molecular flexibility index (Phi) is 3.14. The van der Waals surface area contributed by atoms with E-state index in [9.17, 15) is 25.5 Å². The van der Waals surface area contributed by atoms with Crippen LogP contribution < -0.4 is 0 Å². The largest absolute Gasteiger partial charge is 0.390 e. The van der Waals surface area contributed by atoms with Crippen LogP contribution in [0.2, 0.25) is 0 Å². The van der Waals surface area contributed by atoms with Crippen LogP contribution in [0.25, 0.3) is 0 Å². The molecule has 1 aliphatic heterocycles. The summed E-state index contributed by atoms with van der Waals surface area (Å²) >= 11 is 0. The molecule has 1 heterocycles. The van der Waals surface area contributed by atoms with Gasteiger partial charge >= 0.3 is 0 Å². The predicted octanol–water partition coefficient (Wildman–Crippen LogP) is -0.859. The number of hydrogen-bond acceptors (Lipinski definition) is 6. The maximum atomic E-state index is 11.1. The van der Waals surface area contributed by atoms with Gasteiger partial charge in [0.25, 0.3) is 0 Å². The van der Waals surface area contributed by atoms with Crippen LogP contribution in [0.4, 0.5) is 0 Å². The first-order valence-corrected chi connectivity index (χ1v) is 7.41. The molecule has 6 nitrogen and oxygen atoms in total. The van der Waals surface area contributed by atoms with Gasteiger partial charge in [-0.1, -0.05) is 13.5 Å². The molecule has 2 saturated carbocycles. The Labute approximate surface area is 123 Å². The quantitative estimate of drug-likeness (QED) is 0.372. The molecule has 3 fully saturated rings. The van der Waals surface area contributed by atoms with E-state index in [0.717, 1.165) is 0 Å². The van der Waals surface area contributed by atoms with Gasteiger partial charge in [0, 0.05) is 12.3 Å². The normalized spacial score (nSPS) is 60.5. The van der Waals surface area contributed by atoms with Crippen LogP contribution in [-0.2, 0) is 4.74 Å². The average molecular weight is 300 g/mol. The van der Waals surface area contributed by atoms with Gasteiger partial charge in [0.2, 0.25) is 0 Å². The molecule has 3 rings (SSSR count). The molecular formula is C15H24O6. The fraction of sp³-hybridized carbons (Fsp3) is 0.867. The fourth-order valence-corrected chi connectivity index (χ4v) is 4.56. The zero-order valence-electron chi connectivity index (χ0n) is 12.4. The van der Waals surface area contributed by atoms with Gasteiger partial charge in [-0.2, -0.15) is 0 Å². The summed E-state index contributed by atoms with van der Waals surface area (Å²) in [5.74, 6) is -2.95. The van der Waals surface area contributed by atoms with Gasteiger partial charge in [0.15, 0.2) is 5.79 Å². The molecule has 2 aliphatic carbocycles. The lowest BCUT2D eigenvalue weighted by atomic mass is 9.52. The third-order valence-electron chi connectivity index (χ3n) is 6.00. The lowest BCUT2D eigenvalue weighted by molar-refractivity contribution is -0.331. The Balaban J connectivity index is 2.11. The zero-order chi connectivity index (χ0) is 15.8. The van der Waals surface area contributed by atoms with Gasteiger partial charge in [0.05, 0.1) is 18.8 Å². The zero-order valence-corrected chi connectivity index (χ0v) is 12.4. The second-order valence-electron chi connectivity index (χ2n) is 7.24. The first-order valence-electron chi connectivity index (χ1n) is 7.41. The second-order valence-corrected chi connectivity index (χ2v) is 7.24. The number of aliphatic hydroxyl groups is 5. The highest BCUT2D eigenvalue weighted by atomic mass is 16.6. The van der Waals surface area contributed by atoms with Crippen LogP contribution in [0.3, 0.4) is 0 Å². The molecule has 0 aromatic heterocycles. The summed E-state index contributed by atoms with van der Waals surface area (Å²) in [4.78, 5) is 0. The Morgan fingerprint density at radius 1 is 1.24 bits per heavy atom. The Bertz CT molecular complexity index is 475. The minimum Gasteiger partial charge on any atom is -0.390 e. The van der Waals surface area contributed by atoms with E-state index in [0.29, 0.717) is 5.57 Å². The van der Waals surface area contributed by atoms with E-state index in [-0.39, 0.29) is 31.3 Å². The lowest BCUT2D eigenvalue weighted by Gasteiger charge is -2.59. The Hall–Kier alpha value is -0.500. The molecule has 3 aliphatic rings. The summed E-state index contributed by atoms with van der Waals surface area (Å²) in [6.07, 6.45) is -2.02. The van der Waals surface area contributed by atoms with Crippen LogP contribution in [-0.4, -0.2) is 61.3 Å². The number of fused-ring (bicyclic) bond motifs is 3. The summed E-state index contributed by atoms with van der Waals surface area (Å²) in [6.45, 7) is 7.03. The molecule has 21 heavy (non-hydrogen) atoms. The smallest absolute Gasteiger partial charge is 0.199 e. The summed E-state index contributed by atoms with van der Waals surface area (Å²) in [6, 6.07) is 0. The molecule has 0 aromatic carbocycles. The molecule has 0 bridgehead atoms. The van der Waals surface area contributed by atoms with Gasteiger partial charge in [-0.3, -0.25) is 0 Å². The van der Waals surface area contributed by atoms with Crippen molar-refractivity contribution in [2.24, 2.45) is 17.8 Å². The maximum Gasteiger partial charge on any atom is 0.199 e. The van der Waals surface area contributed by atoms with Gasteiger partial charge in [-0.25, -0.2) is 0 Å². The van der Waals surface area contributed by atoms with Gasteiger partial charge in [0.1, 0.15) is 11.2 Å². The topological polar surface area (TPSA) is 110 Å². The van der Waals surface area contributed by atoms with E-state index in [2.05, 4.69) is 6.58 Å². The van der Waals surface area contributed by atoms with E-state index in [1.807, 2.05) is 6.92 Å². The molecule has 0 radical (unpaired) electrons. The van der Waals surface area contributed by atoms with Gasteiger partial charge < -0.3 is 30.3 Å². The SMILES string of the molecule is C=C1COC2(O)CC(C)C3CC(O)C(C)(O)C(O)C3C12O. The summed E-state index contributed by atoms with van der Waals surface area (Å²) in [7, 11) is 0. The van der Waals surface area contributed by atoms with Crippen molar-refractivity contribution < 1.29 is 30.3 Å². The molecule has 0 aromatic rings. The van der Waals surface area contributed by atoms with Crippen molar-refractivity contribution >= 4 is 0 Å². The molecule has 1 saturated heterocycles. The monoisotopic (exact) mass is 300 g/mol. The second kappa shape index (κ2) is 4.28. The van der Waals surface area contributed by atoms with Crippen LogP contribution in [0.15, 0.2) is 12.2 Å². The number of aliphatic hydroxyl groups excluding tert-OH is 2. The van der Waals surface area contributed by atoms with Crippen molar-refractivity contribution in [1.29, 1.82) is 0 Å². The van der Waals surface area contributed by atoms with Gasteiger partial charge in [-0.15, -0.1) is 0 Å². The van der Waals surface area contributed by atoms with E-state index in [4.69, 9.17) is 4.74 Å². The number of hydrogen-bond donors (Lipinski definition) is 5. The van der Waals surface area contributed by atoms with E-state index >= 15 is 0 Å². The fourth-order valence-electron chi connectivity index (χ4n) is 4.56. The summed E-state index contributed by atoms with van der Waals surface area (Å²) in [5, 5.41) is 52.9. The van der Waals surface area contributed by atoms with E-state index in [1.54, 1.807) is 0 Å². The minimum atomic E-state index is -1.81. The first kappa shape index (κ1) is 15.4. The highest BCUT2D eigenvalue weighted by Crippen LogP contribution is 2.59.